The number of nitrogens with one attached hydrogen (secondary N) is 2. The van der Waals surface area contributed by atoms with Crippen LogP contribution < -0.4 is 10.9 Å². The number of rotatable bonds is 4. The summed E-state index contributed by atoms with van der Waals surface area (Å²) in [7, 11) is 0. The normalized spacial score (nSPS) is 10.7. The lowest BCUT2D eigenvalue weighted by Crippen LogP contribution is -2.33. The molecule has 0 aliphatic carbocycles. The van der Waals surface area contributed by atoms with Gasteiger partial charge in [0.25, 0.3) is 5.91 Å². The van der Waals surface area contributed by atoms with Gasteiger partial charge in [0.15, 0.2) is 0 Å². The zero-order valence-electron chi connectivity index (χ0n) is 13.4. The molecule has 0 radical (unpaired) electrons. The lowest BCUT2D eigenvalue weighted by atomic mass is 10.2. The van der Waals surface area contributed by atoms with E-state index in [2.05, 4.69) is 26.9 Å². The Bertz CT molecular complexity index is 848. The minimum Gasteiger partial charge on any atom is -0.335 e. The van der Waals surface area contributed by atoms with Gasteiger partial charge in [0.2, 0.25) is 5.95 Å². The molecule has 0 unspecified atom stereocenters. The van der Waals surface area contributed by atoms with Crippen LogP contribution in [-0.4, -0.2) is 20.4 Å². The molecule has 0 aliphatic rings. The molecule has 2 heterocycles. The maximum atomic E-state index is 12.2. The minimum absolute atomic E-state index is 0.155. The Morgan fingerprint density at radius 3 is 2.52 bits per heavy atom. The van der Waals surface area contributed by atoms with Crippen LogP contribution in [0.4, 0.5) is 5.95 Å². The molecular weight excluding hydrogens is 290 g/mol. The second-order valence-corrected chi connectivity index (χ2v) is 5.58. The second kappa shape index (κ2) is 6.08. The number of carbonyl (C=O) groups excluding carboxylic acids is 1. The summed E-state index contributed by atoms with van der Waals surface area (Å²) in [5.41, 5.74) is 9.21. The summed E-state index contributed by atoms with van der Waals surface area (Å²) in [6, 6.07) is 12.0. The minimum atomic E-state index is -0.155. The van der Waals surface area contributed by atoms with Crippen LogP contribution in [0.25, 0.3) is 10.9 Å². The summed E-state index contributed by atoms with van der Waals surface area (Å²) < 4.78 is 1.98. The van der Waals surface area contributed by atoms with E-state index in [1.165, 1.54) is 0 Å². The number of hydrogen-bond acceptors (Lipinski definition) is 4. The van der Waals surface area contributed by atoms with Crippen molar-refractivity contribution in [1.29, 1.82) is 0 Å². The SMILES string of the molecule is Cc1cc(C)nc(NNC(=O)Cn2c(C)cc3ccccc32)n1. The van der Waals surface area contributed by atoms with E-state index in [-0.39, 0.29) is 12.5 Å². The Hall–Kier alpha value is -2.89. The van der Waals surface area contributed by atoms with Crippen LogP contribution in [0, 0.1) is 20.8 Å². The smallest absolute Gasteiger partial charge is 0.258 e. The topological polar surface area (TPSA) is 71.8 Å². The largest absolute Gasteiger partial charge is 0.335 e. The molecule has 0 bridgehead atoms. The van der Waals surface area contributed by atoms with E-state index in [1.807, 2.05) is 55.7 Å². The van der Waals surface area contributed by atoms with Gasteiger partial charge in [-0.25, -0.2) is 9.97 Å². The molecule has 2 N–H and O–H groups in total. The third kappa shape index (κ3) is 3.31. The molecule has 6 heteroatoms. The number of carbonyl (C=O) groups is 1. The van der Waals surface area contributed by atoms with E-state index in [4.69, 9.17) is 0 Å². The number of fused-ring (bicyclic) bond motifs is 1. The molecule has 118 valence electrons. The summed E-state index contributed by atoms with van der Waals surface area (Å²) >= 11 is 0. The predicted molar refractivity (Wildman–Crippen MR) is 89.9 cm³/mol. The second-order valence-electron chi connectivity index (χ2n) is 5.58. The van der Waals surface area contributed by atoms with Gasteiger partial charge < -0.3 is 4.57 Å². The van der Waals surface area contributed by atoms with Gasteiger partial charge in [-0.15, -0.1) is 0 Å². The monoisotopic (exact) mass is 309 g/mol. The molecule has 0 aliphatic heterocycles. The van der Waals surface area contributed by atoms with Gasteiger partial charge in [0.05, 0.1) is 0 Å². The zero-order valence-corrected chi connectivity index (χ0v) is 13.4. The Labute approximate surface area is 134 Å². The number of aromatic nitrogens is 3. The van der Waals surface area contributed by atoms with E-state index in [0.717, 1.165) is 28.0 Å². The van der Waals surface area contributed by atoms with Crippen molar-refractivity contribution < 1.29 is 4.79 Å². The van der Waals surface area contributed by atoms with E-state index in [1.54, 1.807) is 0 Å². The summed E-state index contributed by atoms with van der Waals surface area (Å²) in [5.74, 6) is 0.238. The standard InChI is InChI=1S/C17H19N5O/c1-11-8-12(2)19-17(18-11)21-20-16(23)10-22-13(3)9-14-6-4-5-7-15(14)22/h4-9H,10H2,1-3H3,(H,20,23)(H,18,19,21). The zero-order chi connectivity index (χ0) is 16.4. The molecule has 23 heavy (non-hydrogen) atoms. The summed E-state index contributed by atoms with van der Waals surface area (Å²) in [4.78, 5) is 20.7. The number of hydrazine groups is 1. The van der Waals surface area contributed by atoms with Crippen LogP contribution >= 0.6 is 0 Å². The van der Waals surface area contributed by atoms with Crippen LogP contribution in [0.15, 0.2) is 36.4 Å². The van der Waals surface area contributed by atoms with Crippen LogP contribution in [0.2, 0.25) is 0 Å². The fourth-order valence-corrected chi connectivity index (χ4v) is 2.65. The fourth-order valence-electron chi connectivity index (χ4n) is 2.65. The number of para-hydroxylation sites is 1. The number of aryl methyl sites for hydroxylation is 3. The van der Waals surface area contributed by atoms with Gasteiger partial charge >= 0.3 is 0 Å². The van der Waals surface area contributed by atoms with Crippen molar-refractivity contribution in [2.24, 2.45) is 0 Å². The van der Waals surface area contributed by atoms with E-state index < -0.39 is 0 Å². The van der Waals surface area contributed by atoms with Crippen molar-refractivity contribution in [2.45, 2.75) is 27.3 Å². The molecule has 0 atom stereocenters. The van der Waals surface area contributed by atoms with Gasteiger partial charge in [-0.05, 0) is 44.4 Å². The quantitative estimate of drug-likeness (QED) is 0.726. The molecule has 3 rings (SSSR count). The van der Waals surface area contributed by atoms with Crippen molar-refractivity contribution in [3.05, 3.63) is 53.5 Å². The van der Waals surface area contributed by atoms with Gasteiger partial charge in [-0.2, -0.15) is 0 Å². The lowest BCUT2D eigenvalue weighted by Gasteiger charge is -2.11. The molecule has 0 spiro atoms. The molecule has 2 aromatic heterocycles. The first kappa shape index (κ1) is 15.0. The highest BCUT2D eigenvalue weighted by Crippen LogP contribution is 2.18. The molecule has 1 aromatic carbocycles. The van der Waals surface area contributed by atoms with E-state index in [0.29, 0.717) is 5.95 Å². The molecule has 0 saturated heterocycles. The number of benzene rings is 1. The third-order valence-electron chi connectivity index (χ3n) is 3.62. The van der Waals surface area contributed by atoms with Crippen molar-refractivity contribution in [1.82, 2.24) is 20.0 Å². The van der Waals surface area contributed by atoms with Crippen molar-refractivity contribution >= 4 is 22.8 Å². The number of nitrogens with zero attached hydrogens (tertiary/aromatic N) is 3. The molecule has 3 aromatic rings. The highest BCUT2D eigenvalue weighted by molar-refractivity contribution is 5.84. The fraction of sp³-hybridized carbons (Fsp3) is 0.235. The average Bonchev–Trinajstić information content (AvgIpc) is 2.80. The van der Waals surface area contributed by atoms with Crippen molar-refractivity contribution in [2.75, 3.05) is 5.43 Å². The van der Waals surface area contributed by atoms with Gasteiger partial charge in [-0.3, -0.25) is 15.6 Å². The van der Waals surface area contributed by atoms with Gasteiger partial charge in [0.1, 0.15) is 6.54 Å². The van der Waals surface area contributed by atoms with Gasteiger partial charge in [-0.1, -0.05) is 18.2 Å². The Morgan fingerprint density at radius 2 is 1.78 bits per heavy atom. The highest BCUT2D eigenvalue weighted by Gasteiger charge is 2.09. The first-order valence-corrected chi connectivity index (χ1v) is 7.45. The molecule has 0 fully saturated rings. The number of anilines is 1. The van der Waals surface area contributed by atoms with Crippen LogP contribution in [0.5, 0.6) is 0 Å². The summed E-state index contributed by atoms with van der Waals surface area (Å²) in [6.07, 6.45) is 0. The summed E-state index contributed by atoms with van der Waals surface area (Å²) in [5, 5.41) is 1.13. The highest BCUT2D eigenvalue weighted by atomic mass is 16.2. The van der Waals surface area contributed by atoms with Crippen LogP contribution in [0.1, 0.15) is 17.1 Å². The van der Waals surface area contributed by atoms with E-state index in [9.17, 15) is 4.79 Å². The number of hydrogen-bond donors (Lipinski definition) is 2. The molecule has 6 nitrogen and oxygen atoms in total. The predicted octanol–water partition coefficient (Wildman–Crippen LogP) is 2.50. The Morgan fingerprint density at radius 1 is 1.09 bits per heavy atom. The van der Waals surface area contributed by atoms with E-state index >= 15 is 0 Å². The van der Waals surface area contributed by atoms with Gasteiger partial charge in [0, 0.05) is 22.6 Å². The number of amides is 1. The Kier molecular flexibility index (Phi) is 3.97. The first-order chi connectivity index (χ1) is 11.0. The van der Waals surface area contributed by atoms with Crippen LogP contribution in [0.3, 0.4) is 0 Å². The summed E-state index contributed by atoms with van der Waals surface area (Å²) in [6.45, 7) is 6.00. The first-order valence-electron chi connectivity index (χ1n) is 7.45. The third-order valence-corrected chi connectivity index (χ3v) is 3.62. The molecular formula is C17H19N5O. The molecule has 1 amide bonds. The van der Waals surface area contributed by atoms with Crippen molar-refractivity contribution in [3.8, 4) is 0 Å². The maximum Gasteiger partial charge on any atom is 0.258 e. The van der Waals surface area contributed by atoms with Crippen molar-refractivity contribution in [3.63, 3.8) is 0 Å². The maximum absolute atomic E-state index is 12.2. The van der Waals surface area contributed by atoms with Crippen LogP contribution in [-0.2, 0) is 11.3 Å². The Balaban J connectivity index is 1.70. The molecule has 0 saturated carbocycles. The lowest BCUT2D eigenvalue weighted by molar-refractivity contribution is -0.121. The average molecular weight is 309 g/mol.